The number of benzene rings is 2. The van der Waals surface area contributed by atoms with Crippen molar-refractivity contribution in [2.45, 2.75) is 19.8 Å². The second-order valence-electron chi connectivity index (χ2n) is 8.46. The first-order valence-electron chi connectivity index (χ1n) is 10.8. The average molecular weight is 440 g/mol. The van der Waals surface area contributed by atoms with E-state index in [1.54, 1.807) is 0 Å². The molecule has 1 aromatic heterocycles. The first-order valence-corrected chi connectivity index (χ1v) is 10.8. The monoisotopic (exact) mass is 440 g/mol. The number of halogens is 2. The Morgan fingerprint density at radius 1 is 1.03 bits per heavy atom. The summed E-state index contributed by atoms with van der Waals surface area (Å²) < 4.78 is 28.3. The third-order valence-electron chi connectivity index (χ3n) is 5.94. The van der Waals surface area contributed by atoms with Crippen LogP contribution < -0.4 is 10.2 Å². The summed E-state index contributed by atoms with van der Waals surface area (Å²) in [6.07, 6.45) is 3.61. The van der Waals surface area contributed by atoms with Crippen LogP contribution >= 0.6 is 0 Å². The van der Waals surface area contributed by atoms with Gasteiger partial charge in [0.25, 0.3) is 0 Å². The largest absolute Gasteiger partial charge is 0.370 e. The van der Waals surface area contributed by atoms with Crippen molar-refractivity contribution in [3.05, 3.63) is 59.9 Å². The maximum Gasteiger partial charge on any atom is 0.246 e. The van der Waals surface area contributed by atoms with Gasteiger partial charge in [-0.2, -0.15) is 4.98 Å². The van der Waals surface area contributed by atoms with Gasteiger partial charge in [-0.25, -0.2) is 13.5 Å². The van der Waals surface area contributed by atoms with Crippen LogP contribution in [0.3, 0.4) is 0 Å². The maximum atomic E-state index is 13.5. The molecular weight excluding hydrogens is 414 g/mol. The van der Waals surface area contributed by atoms with E-state index in [1.807, 2.05) is 24.0 Å². The number of nitrogens with zero attached hydrogens (tertiary/aromatic N) is 5. The summed E-state index contributed by atoms with van der Waals surface area (Å²) in [6.45, 7) is 5.21. The number of rotatable bonds is 5. The summed E-state index contributed by atoms with van der Waals surface area (Å²) in [5.74, 6) is -0.701. The summed E-state index contributed by atoms with van der Waals surface area (Å²) in [7, 11) is 0. The standard InChI is InChI=1S/C23H24F2N6O.H2/c1-15-6-19(27-23-26-14-31(28-23)21-9-17(24)8-18(25)10-21)11-20(7-15)30-12-16(13-30)22(32)29-4-2-3-5-29;/h6-11,14,16H,2-5,12-13H2,1H3,(H,27,28);1H. The Hall–Kier alpha value is -3.49. The van der Waals surface area contributed by atoms with Crippen LogP contribution in [-0.4, -0.2) is 51.8 Å². The number of carbonyl (C=O) groups is 1. The van der Waals surface area contributed by atoms with Gasteiger partial charge in [0.2, 0.25) is 11.9 Å². The van der Waals surface area contributed by atoms with Crippen molar-refractivity contribution < 1.29 is 15.0 Å². The van der Waals surface area contributed by atoms with Gasteiger partial charge in [0.1, 0.15) is 18.0 Å². The summed E-state index contributed by atoms with van der Waals surface area (Å²) >= 11 is 0. The minimum absolute atomic E-state index is 0. The first-order chi connectivity index (χ1) is 15.4. The van der Waals surface area contributed by atoms with Crippen molar-refractivity contribution in [1.29, 1.82) is 0 Å². The fourth-order valence-corrected chi connectivity index (χ4v) is 4.30. The average Bonchev–Trinajstić information content (AvgIpc) is 3.38. The first kappa shape index (κ1) is 20.4. The molecule has 0 aliphatic carbocycles. The van der Waals surface area contributed by atoms with E-state index in [4.69, 9.17) is 0 Å². The second-order valence-corrected chi connectivity index (χ2v) is 8.46. The van der Waals surface area contributed by atoms with Gasteiger partial charge in [-0.3, -0.25) is 4.79 Å². The van der Waals surface area contributed by atoms with Crippen molar-refractivity contribution in [2.75, 3.05) is 36.4 Å². The van der Waals surface area contributed by atoms with Gasteiger partial charge in [-0.1, -0.05) is 0 Å². The number of hydrogen-bond donors (Lipinski definition) is 1. The summed E-state index contributed by atoms with van der Waals surface area (Å²) in [4.78, 5) is 20.9. The van der Waals surface area contributed by atoms with Crippen LogP contribution in [0.15, 0.2) is 42.7 Å². The normalized spacial score (nSPS) is 16.3. The molecule has 0 spiro atoms. The fraction of sp³-hybridized carbons (Fsp3) is 0.348. The van der Waals surface area contributed by atoms with Crippen LogP contribution in [0.2, 0.25) is 0 Å². The van der Waals surface area contributed by atoms with E-state index in [0.717, 1.165) is 62.0 Å². The molecule has 0 unspecified atom stereocenters. The Balaban J connectivity index is 0.00000259. The lowest BCUT2D eigenvalue weighted by molar-refractivity contribution is -0.135. The van der Waals surface area contributed by atoms with Crippen LogP contribution in [0.25, 0.3) is 5.69 Å². The third-order valence-corrected chi connectivity index (χ3v) is 5.94. The van der Waals surface area contributed by atoms with Crippen LogP contribution in [0.4, 0.5) is 26.1 Å². The summed E-state index contributed by atoms with van der Waals surface area (Å²) in [6, 6.07) is 9.24. The van der Waals surface area contributed by atoms with E-state index in [-0.39, 0.29) is 18.9 Å². The third kappa shape index (κ3) is 4.15. The Kier molecular flexibility index (Phi) is 5.24. The van der Waals surface area contributed by atoms with Crippen LogP contribution in [0.5, 0.6) is 0 Å². The molecule has 3 aromatic rings. The predicted octanol–water partition coefficient (Wildman–Crippen LogP) is 3.90. The van der Waals surface area contributed by atoms with Crippen molar-refractivity contribution in [1.82, 2.24) is 19.7 Å². The molecule has 2 aromatic carbocycles. The smallest absolute Gasteiger partial charge is 0.246 e. The molecule has 32 heavy (non-hydrogen) atoms. The molecule has 1 N–H and O–H groups in total. The zero-order valence-corrected chi connectivity index (χ0v) is 17.8. The van der Waals surface area contributed by atoms with Gasteiger partial charge in [-0.15, -0.1) is 5.10 Å². The Morgan fingerprint density at radius 2 is 1.75 bits per heavy atom. The SMILES string of the molecule is Cc1cc(Nc2ncn(-c3cc(F)cc(F)c3)n2)cc(N2CC(C(=O)N3CCCC3)C2)c1.[HH]. The molecule has 0 bridgehead atoms. The number of amides is 1. The lowest BCUT2D eigenvalue weighted by Crippen LogP contribution is -2.54. The minimum Gasteiger partial charge on any atom is -0.370 e. The van der Waals surface area contributed by atoms with Crippen molar-refractivity contribution in [3.8, 4) is 5.69 Å². The molecular formula is C23H26F2N6O. The number of likely N-dealkylation sites (tertiary alicyclic amines) is 1. The molecule has 2 fully saturated rings. The van der Waals surface area contributed by atoms with Gasteiger partial charge in [0, 0.05) is 45.0 Å². The van der Waals surface area contributed by atoms with E-state index in [0.29, 0.717) is 5.95 Å². The Labute approximate surface area is 186 Å². The Morgan fingerprint density at radius 3 is 2.47 bits per heavy atom. The zero-order chi connectivity index (χ0) is 22.2. The van der Waals surface area contributed by atoms with E-state index in [1.165, 1.54) is 23.1 Å². The highest BCUT2D eigenvalue weighted by molar-refractivity contribution is 5.82. The minimum atomic E-state index is -0.676. The van der Waals surface area contributed by atoms with Crippen LogP contribution in [-0.2, 0) is 4.79 Å². The number of anilines is 3. The molecule has 1 amide bonds. The van der Waals surface area contributed by atoms with Gasteiger partial charge < -0.3 is 15.1 Å². The van der Waals surface area contributed by atoms with Crippen molar-refractivity contribution in [3.63, 3.8) is 0 Å². The molecule has 168 valence electrons. The lowest BCUT2D eigenvalue weighted by atomic mass is 9.97. The van der Waals surface area contributed by atoms with Gasteiger partial charge in [0.15, 0.2) is 0 Å². The number of carbonyl (C=O) groups excluding carboxylic acids is 1. The summed E-state index contributed by atoms with van der Waals surface area (Å²) in [5, 5.41) is 7.43. The second kappa shape index (κ2) is 8.22. The van der Waals surface area contributed by atoms with Crippen molar-refractivity contribution >= 4 is 23.2 Å². The zero-order valence-electron chi connectivity index (χ0n) is 17.8. The molecule has 9 heteroatoms. The molecule has 7 nitrogen and oxygen atoms in total. The number of aromatic nitrogens is 3. The van der Waals surface area contributed by atoms with Crippen molar-refractivity contribution in [2.24, 2.45) is 5.92 Å². The topological polar surface area (TPSA) is 66.3 Å². The lowest BCUT2D eigenvalue weighted by Gasteiger charge is -2.41. The molecule has 2 saturated heterocycles. The highest BCUT2D eigenvalue weighted by atomic mass is 19.1. The molecule has 0 saturated carbocycles. The number of nitrogens with one attached hydrogen (secondary N) is 1. The van der Waals surface area contributed by atoms with E-state index in [2.05, 4.69) is 26.4 Å². The molecule has 5 rings (SSSR count). The van der Waals surface area contributed by atoms with E-state index in [9.17, 15) is 13.6 Å². The molecule has 2 aliphatic rings. The molecule has 2 aliphatic heterocycles. The van der Waals surface area contributed by atoms with Gasteiger partial charge in [-0.05, 0) is 55.7 Å². The Bertz CT molecular complexity index is 1140. The molecule has 3 heterocycles. The highest BCUT2D eigenvalue weighted by Gasteiger charge is 2.36. The van der Waals surface area contributed by atoms with E-state index >= 15 is 0 Å². The van der Waals surface area contributed by atoms with Crippen LogP contribution in [0.1, 0.15) is 19.8 Å². The quantitative estimate of drug-likeness (QED) is 0.652. The van der Waals surface area contributed by atoms with E-state index < -0.39 is 11.6 Å². The highest BCUT2D eigenvalue weighted by Crippen LogP contribution is 2.30. The number of aryl methyl sites for hydroxylation is 1. The number of hydrogen-bond acceptors (Lipinski definition) is 5. The molecule has 0 atom stereocenters. The molecule has 0 radical (unpaired) electrons. The van der Waals surface area contributed by atoms with Gasteiger partial charge in [0.05, 0.1) is 11.6 Å². The fourth-order valence-electron chi connectivity index (χ4n) is 4.30. The maximum absolute atomic E-state index is 13.5. The van der Waals surface area contributed by atoms with Crippen LogP contribution in [0, 0.1) is 24.5 Å². The summed E-state index contributed by atoms with van der Waals surface area (Å²) in [5.41, 5.74) is 3.15. The predicted molar refractivity (Wildman–Crippen MR) is 119 cm³/mol. The van der Waals surface area contributed by atoms with Gasteiger partial charge >= 0.3 is 0 Å².